The molecule has 0 aromatic heterocycles. The summed E-state index contributed by atoms with van der Waals surface area (Å²) in [5, 5.41) is 24.7. The molecule has 1 heterocycles. The standard InChI is InChI=1S/C26H42F3NO5/c1-14-22(24(32)16-8-7-15(11-16)23(14)31)25(33)18-9-10-21(26(27,28)29)30-19(18)13-35-12-17-5-3-4-6-20(17)34-2/h14-24,30-32H,3-13H2,1-2H3. The molecule has 2 bridgehead atoms. The van der Waals surface area contributed by atoms with E-state index in [0.717, 1.165) is 38.5 Å². The van der Waals surface area contributed by atoms with E-state index in [0.29, 0.717) is 13.0 Å². The number of carbonyl (C=O) groups excluding carboxylic acids is 1. The summed E-state index contributed by atoms with van der Waals surface area (Å²) in [7, 11) is 1.68. The summed E-state index contributed by atoms with van der Waals surface area (Å²) in [6.07, 6.45) is 0.427. The van der Waals surface area contributed by atoms with Crippen LogP contribution in [-0.2, 0) is 14.3 Å². The van der Waals surface area contributed by atoms with Crippen LogP contribution in [0, 0.1) is 35.5 Å². The largest absolute Gasteiger partial charge is 0.403 e. The van der Waals surface area contributed by atoms with Gasteiger partial charge in [-0.2, -0.15) is 13.2 Å². The minimum atomic E-state index is -4.40. The lowest BCUT2D eigenvalue weighted by molar-refractivity contribution is -0.171. The van der Waals surface area contributed by atoms with Gasteiger partial charge in [0.2, 0.25) is 0 Å². The lowest BCUT2D eigenvalue weighted by Crippen LogP contribution is -2.59. The van der Waals surface area contributed by atoms with E-state index in [1.165, 1.54) is 0 Å². The van der Waals surface area contributed by atoms with Crippen LogP contribution in [0.25, 0.3) is 0 Å². The number of hydrogen-bond donors (Lipinski definition) is 3. The van der Waals surface area contributed by atoms with E-state index in [-0.39, 0.29) is 49.1 Å². The molecule has 202 valence electrons. The van der Waals surface area contributed by atoms with E-state index < -0.39 is 48.2 Å². The fourth-order valence-corrected chi connectivity index (χ4v) is 7.38. The van der Waals surface area contributed by atoms with Gasteiger partial charge in [0.05, 0.1) is 31.5 Å². The number of hydrogen-bond acceptors (Lipinski definition) is 6. The molecule has 3 saturated carbocycles. The van der Waals surface area contributed by atoms with Gasteiger partial charge in [-0.15, -0.1) is 0 Å². The monoisotopic (exact) mass is 505 g/mol. The molecule has 1 saturated heterocycles. The zero-order valence-corrected chi connectivity index (χ0v) is 20.9. The normalized spacial score (nSPS) is 44.7. The van der Waals surface area contributed by atoms with E-state index in [4.69, 9.17) is 9.47 Å². The third kappa shape index (κ3) is 5.89. The summed E-state index contributed by atoms with van der Waals surface area (Å²) in [6, 6.07) is -2.47. The number of ether oxygens (including phenoxy) is 2. The maximum atomic E-state index is 13.8. The number of piperidine rings is 1. The Bertz CT molecular complexity index is 718. The summed E-state index contributed by atoms with van der Waals surface area (Å²) in [4.78, 5) is 13.8. The van der Waals surface area contributed by atoms with Gasteiger partial charge in [0, 0.05) is 30.9 Å². The van der Waals surface area contributed by atoms with Crippen LogP contribution >= 0.6 is 0 Å². The maximum Gasteiger partial charge on any atom is 0.403 e. The fourth-order valence-electron chi connectivity index (χ4n) is 7.38. The summed E-state index contributed by atoms with van der Waals surface area (Å²) >= 11 is 0. The fraction of sp³-hybridized carbons (Fsp3) is 0.962. The number of aliphatic hydroxyl groups is 2. The lowest BCUT2D eigenvalue weighted by atomic mass is 9.71. The second-order valence-corrected chi connectivity index (χ2v) is 11.5. The summed E-state index contributed by atoms with van der Waals surface area (Å²) in [5.74, 6) is -1.90. The second-order valence-electron chi connectivity index (χ2n) is 11.5. The van der Waals surface area contributed by atoms with Gasteiger partial charge in [0.15, 0.2) is 0 Å². The van der Waals surface area contributed by atoms with Crippen molar-refractivity contribution < 1.29 is 37.7 Å². The number of aliphatic hydroxyl groups excluding tert-OH is 2. The first kappa shape index (κ1) is 27.3. The molecule has 4 fully saturated rings. The Morgan fingerprint density at radius 3 is 2.34 bits per heavy atom. The SMILES string of the molecule is COC1CCCCC1COCC1NC(C(F)(F)F)CCC1C(=O)C1C(C)C(O)C2CCC(C2)C1O. The molecule has 3 N–H and O–H groups in total. The molecule has 4 aliphatic rings. The predicted octanol–water partition coefficient (Wildman–Crippen LogP) is 3.48. The van der Waals surface area contributed by atoms with Crippen molar-refractivity contribution in [3.8, 4) is 0 Å². The van der Waals surface area contributed by atoms with Gasteiger partial charge in [0.1, 0.15) is 11.8 Å². The minimum absolute atomic E-state index is 0.00171. The number of ketones is 1. The molecule has 1 aliphatic heterocycles. The van der Waals surface area contributed by atoms with Crippen molar-refractivity contribution in [2.45, 2.75) is 101 Å². The van der Waals surface area contributed by atoms with Gasteiger partial charge < -0.3 is 25.0 Å². The third-order valence-electron chi connectivity index (χ3n) is 9.48. The highest BCUT2D eigenvalue weighted by molar-refractivity contribution is 5.85. The van der Waals surface area contributed by atoms with Crippen LogP contribution in [0.5, 0.6) is 0 Å². The van der Waals surface area contributed by atoms with Crippen LogP contribution in [-0.4, -0.2) is 72.9 Å². The Kier molecular flexibility index (Phi) is 8.84. The zero-order chi connectivity index (χ0) is 25.3. The molecule has 6 nitrogen and oxygen atoms in total. The number of halogens is 3. The summed E-state index contributed by atoms with van der Waals surface area (Å²) < 4.78 is 52.2. The highest BCUT2D eigenvalue weighted by atomic mass is 19.4. The van der Waals surface area contributed by atoms with Crippen molar-refractivity contribution in [1.82, 2.24) is 5.32 Å². The number of alkyl halides is 3. The highest BCUT2D eigenvalue weighted by Gasteiger charge is 2.52. The van der Waals surface area contributed by atoms with Crippen molar-refractivity contribution >= 4 is 5.78 Å². The second kappa shape index (κ2) is 11.3. The number of Topliss-reactive ketones (excluding diaryl/α,β-unsaturated/α-hetero) is 1. The van der Waals surface area contributed by atoms with Crippen molar-refractivity contribution in [1.29, 1.82) is 0 Å². The van der Waals surface area contributed by atoms with E-state index in [2.05, 4.69) is 5.32 Å². The molecule has 3 aliphatic carbocycles. The zero-order valence-electron chi connectivity index (χ0n) is 20.9. The van der Waals surface area contributed by atoms with Gasteiger partial charge in [-0.05, 0) is 62.7 Å². The van der Waals surface area contributed by atoms with Crippen LogP contribution in [0.1, 0.15) is 64.7 Å². The Balaban J connectivity index is 1.47. The number of rotatable bonds is 7. The molecular formula is C26H42F3NO5. The van der Waals surface area contributed by atoms with E-state index in [1.54, 1.807) is 14.0 Å². The third-order valence-corrected chi connectivity index (χ3v) is 9.48. The van der Waals surface area contributed by atoms with Gasteiger partial charge in [-0.1, -0.05) is 19.8 Å². The molecule has 11 unspecified atom stereocenters. The van der Waals surface area contributed by atoms with Crippen LogP contribution in [0.15, 0.2) is 0 Å². The lowest BCUT2D eigenvalue weighted by Gasteiger charge is -2.41. The average molecular weight is 506 g/mol. The molecule has 0 amide bonds. The predicted molar refractivity (Wildman–Crippen MR) is 124 cm³/mol. The smallest absolute Gasteiger partial charge is 0.393 e. The number of fused-ring (bicyclic) bond motifs is 2. The molecule has 11 atom stereocenters. The first-order valence-electron chi connectivity index (χ1n) is 13.4. The van der Waals surface area contributed by atoms with Gasteiger partial charge in [-0.3, -0.25) is 4.79 Å². The average Bonchev–Trinajstić information content (AvgIpc) is 3.30. The Morgan fingerprint density at radius 2 is 1.66 bits per heavy atom. The molecule has 0 aromatic rings. The summed E-state index contributed by atoms with van der Waals surface area (Å²) in [6.45, 7) is 2.19. The molecule has 0 aromatic carbocycles. The van der Waals surface area contributed by atoms with Crippen molar-refractivity contribution in [2.24, 2.45) is 35.5 Å². The quantitative estimate of drug-likeness (QED) is 0.491. The van der Waals surface area contributed by atoms with E-state index >= 15 is 0 Å². The number of methoxy groups -OCH3 is 1. The Hall–Kier alpha value is -0.740. The van der Waals surface area contributed by atoms with E-state index in [9.17, 15) is 28.2 Å². The van der Waals surface area contributed by atoms with Gasteiger partial charge >= 0.3 is 6.18 Å². The van der Waals surface area contributed by atoms with Crippen molar-refractivity contribution in [3.63, 3.8) is 0 Å². The Labute approximate surface area is 206 Å². The van der Waals surface area contributed by atoms with Crippen LogP contribution in [0.4, 0.5) is 13.2 Å². The van der Waals surface area contributed by atoms with E-state index in [1.807, 2.05) is 0 Å². The maximum absolute atomic E-state index is 13.8. The van der Waals surface area contributed by atoms with Crippen molar-refractivity contribution in [3.05, 3.63) is 0 Å². The molecule has 35 heavy (non-hydrogen) atoms. The summed E-state index contributed by atoms with van der Waals surface area (Å²) in [5.41, 5.74) is 0. The molecule has 0 radical (unpaired) electrons. The number of carbonyl (C=O) groups is 1. The molecule has 4 rings (SSSR count). The van der Waals surface area contributed by atoms with Crippen LogP contribution < -0.4 is 5.32 Å². The van der Waals surface area contributed by atoms with Gasteiger partial charge in [-0.25, -0.2) is 0 Å². The topological polar surface area (TPSA) is 88.0 Å². The molecule has 9 heteroatoms. The Morgan fingerprint density at radius 1 is 0.971 bits per heavy atom. The first-order chi connectivity index (χ1) is 16.6. The van der Waals surface area contributed by atoms with Crippen molar-refractivity contribution in [2.75, 3.05) is 20.3 Å². The number of nitrogens with one attached hydrogen (secondary N) is 1. The molecular weight excluding hydrogens is 463 g/mol. The molecule has 0 spiro atoms. The first-order valence-corrected chi connectivity index (χ1v) is 13.4. The van der Waals surface area contributed by atoms with Crippen LogP contribution in [0.3, 0.4) is 0 Å². The minimum Gasteiger partial charge on any atom is -0.393 e. The highest BCUT2D eigenvalue weighted by Crippen LogP contribution is 2.47. The van der Waals surface area contributed by atoms with Crippen LogP contribution in [0.2, 0.25) is 0 Å². The van der Waals surface area contributed by atoms with Gasteiger partial charge in [0.25, 0.3) is 0 Å².